The number of hydrogen-bond acceptors (Lipinski definition) is 3. The first-order chi connectivity index (χ1) is 4.20. The summed E-state index contributed by atoms with van der Waals surface area (Å²) in [4.78, 5) is 10.3. The standard InChI is InChI=1S/C6H10O3.Na.H/c1-3-5(7)9-6(8)4-2;;/h3,6,8H,1,4H2,2H3;;/q;+1;-1. The summed E-state index contributed by atoms with van der Waals surface area (Å²) in [6.07, 6.45) is 0.425. The fourth-order valence-electron chi connectivity index (χ4n) is 0.266. The van der Waals surface area contributed by atoms with Crippen molar-refractivity contribution >= 4 is 5.97 Å². The van der Waals surface area contributed by atoms with Crippen LogP contribution in [0, 0.1) is 0 Å². The van der Waals surface area contributed by atoms with Crippen LogP contribution < -0.4 is 29.6 Å². The zero-order chi connectivity index (χ0) is 7.28. The first-order valence-electron chi connectivity index (χ1n) is 2.71. The molecule has 54 valence electrons. The maximum Gasteiger partial charge on any atom is 1.00 e. The molecule has 10 heavy (non-hydrogen) atoms. The van der Waals surface area contributed by atoms with Crippen LogP contribution in [-0.2, 0) is 9.53 Å². The van der Waals surface area contributed by atoms with Crippen molar-refractivity contribution in [1.29, 1.82) is 0 Å². The van der Waals surface area contributed by atoms with E-state index in [4.69, 9.17) is 5.11 Å². The normalized spacial score (nSPS) is 11.0. The van der Waals surface area contributed by atoms with Crippen LogP contribution in [0.15, 0.2) is 12.7 Å². The van der Waals surface area contributed by atoms with Crippen LogP contribution in [-0.4, -0.2) is 17.4 Å². The third-order valence-electron chi connectivity index (χ3n) is 0.768. The van der Waals surface area contributed by atoms with Crippen LogP contribution in [0.2, 0.25) is 0 Å². The fourth-order valence-corrected chi connectivity index (χ4v) is 0.266. The van der Waals surface area contributed by atoms with Gasteiger partial charge in [0, 0.05) is 12.5 Å². The molecule has 0 spiro atoms. The third kappa shape index (κ3) is 6.29. The average molecular weight is 154 g/mol. The van der Waals surface area contributed by atoms with Crippen LogP contribution in [0.1, 0.15) is 14.8 Å². The van der Waals surface area contributed by atoms with E-state index in [0.29, 0.717) is 6.42 Å². The summed E-state index contributed by atoms with van der Waals surface area (Å²) in [5.74, 6) is -0.593. The van der Waals surface area contributed by atoms with Gasteiger partial charge in [-0.25, -0.2) is 4.79 Å². The molecule has 0 aromatic carbocycles. The van der Waals surface area contributed by atoms with Gasteiger partial charge in [0.05, 0.1) is 0 Å². The minimum absolute atomic E-state index is 0. The first kappa shape index (κ1) is 12.8. The van der Waals surface area contributed by atoms with E-state index in [1.54, 1.807) is 6.92 Å². The zero-order valence-electron chi connectivity index (χ0n) is 7.33. The number of esters is 1. The molecule has 1 atom stereocenters. The van der Waals surface area contributed by atoms with Gasteiger partial charge in [-0.05, 0) is 0 Å². The van der Waals surface area contributed by atoms with E-state index in [0.717, 1.165) is 6.08 Å². The van der Waals surface area contributed by atoms with E-state index in [1.165, 1.54) is 0 Å². The molecule has 0 aromatic heterocycles. The first-order valence-corrected chi connectivity index (χ1v) is 2.71. The van der Waals surface area contributed by atoms with Gasteiger partial charge < -0.3 is 11.3 Å². The van der Waals surface area contributed by atoms with Crippen molar-refractivity contribution < 1.29 is 45.6 Å². The average Bonchev–Trinajstić information content (AvgIpc) is 1.87. The van der Waals surface area contributed by atoms with Crippen molar-refractivity contribution in [1.82, 2.24) is 0 Å². The molecule has 4 heteroatoms. The summed E-state index contributed by atoms with van der Waals surface area (Å²) in [5.41, 5.74) is 0. The number of hydrogen-bond donors (Lipinski definition) is 1. The van der Waals surface area contributed by atoms with Gasteiger partial charge in [0.15, 0.2) is 0 Å². The summed E-state index contributed by atoms with van der Waals surface area (Å²) < 4.78 is 4.35. The molecule has 0 heterocycles. The summed E-state index contributed by atoms with van der Waals surface area (Å²) in [5, 5.41) is 8.67. The molecule has 0 fully saturated rings. The van der Waals surface area contributed by atoms with Crippen LogP contribution in [0.3, 0.4) is 0 Å². The van der Waals surface area contributed by atoms with Crippen molar-refractivity contribution in [2.24, 2.45) is 0 Å². The molecular formula is C6H11NaO3. The molecule has 0 bridgehead atoms. The monoisotopic (exact) mass is 154 g/mol. The topological polar surface area (TPSA) is 46.5 Å². The number of carbonyl (C=O) groups excluding carboxylic acids is 1. The van der Waals surface area contributed by atoms with Crippen LogP contribution in [0.4, 0.5) is 0 Å². The molecule has 1 unspecified atom stereocenters. The fraction of sp³-hybridized carbons (Fsp3) is 0.500. The largest absolute Gasteiger partial charge is 1.00 e. The predicted octanol–water partition coefficient (Wildman–Crippen LogP) is -2.44. The molecule has 0 saturated heterocycles. The quantitative estimate of drug-likeness (QED) is 0.213. The van der Waals surface area contributed by atoms with E-state index in [2.05, 4.69) is 11.3 Å². The molecular weight excluding hydrogens is 143 g/mol. The number of ether oxygens (including phenoxy) is 1. The van der Waals surface area contributed by atoms with Crippen molar-refractivity contribution in [3.05, 3.63) is 12.7 Å². The Balaban J connectivity index is -0.000000320. The molecule has 0 amide bonds. The van der Waals surface area contributed by atoms with Crippen LogP contribution >= 0.6 is 0 Å². The number of carbonyl (C=O) groups is 1. The van der Waals surface area contributed by atoms with Gasteiger partial charge in [0.2, 0.25) is 6.29 Å². The second kappa shape index (κ2) is 7.28. The number of rotatable bonds is 3. The van der Waals surface area contributed by atoms with Gasteiger partial charge in [0.25, 0.3) is 0 Å². The Bertz CT molecular complexity index is 118. The predicted molar refractivity (Wildman–Crippen MR) is 33.7 cm³/mol. The van der Waals surface area contributed by atoms with Gasteiger partial charge in [-0.15, -0.1) is 0 Å². The molecule has 0 aliphatic heterocycles. The van der Waals surface area contributed by atoms with Gasteiger partial charge >= 0.3 is 35.5 Å². The molecule has 1 N–H and O–H groups in total. The Kier molecular flexibility index (Phi) is 9.33. The molecule has 0 aliphatic carbocycles. The number of aliphatic hydroxyl groups excluding tert-OH is 1. The molecule has 0 aliphatic rings. The summed E-state index contributed by atoms with van der Waals surface area (Å²) in [7, 11) is 0. The third-order valence-corrected chi connectivity index (χ3v) is 0.768. The smallest absolute Gasteiger partial charge is 1.00 e. The molecule has 0 aromatic rings. The van der Waals surface area contributed by atoms with E-state index >= 15 is 0 Å². The van der Waals surface area contributed by atoms with Crippen molar-refractivity contribution in [2.75, 3.05) is 0 Å². The summed E-state index contributed by atoms with van der Waals surface area (Å²) in [6.45, 7) is 4.87. The Morgan fingerprint density at radius 1 is 2.00 bits per heavy atom. The van der Waals surface area contributed by atoms with Crippen molar-refractivity contribution in [3.63, 3.8) is 0 Å². The van der Waals surface area contributed by atoms with E-state index in [9.17, 15) is 4.79 Å². The van der Waals surface area contributed by atoms with Crippen molar-refractivity contribution in [3.8, 4) is 0 Å². The Morgan fingerprint density at radius 2 is 2.50 bits per heavy atom. The molecule has 0 saturated carbocycles. The maximum absolute atomic E-state index is 10.3. The van der Waals surface area contributed by atoms with Gasteiger partial charge in [0.1, 0.15) is 0 Å². The summed E-state index contributed by atoms with van der Waals surface area (Å²) >= 11 is 0. The minimum Gasteiger partial charge on any atom is -1.00 e. The van der Waals surface area contributed by atoms with Crippen LogP contribution in [0.25, 0.3) is 0 Å². The van der Waals surface area contributed by atoms with Gasteiger partial charge in [-0.3, -0.25) is 0 Å². The van der Waals surface area contributed by atoms with Gasteiger partial charge in [-0.2, -0.15) is 0 Å². The summed E-state index contributed by atoms with van der Waals surface area (Å²) in [6, 6.07) is 0. The second-order valence-electron chi connectivity index (χ2n) is 1.50. The zero-order valence-corrected chi connectivity index (χ0v) is 8.33. The Morgan fingerprint density at radius 3 is 2.80 bits per heavy atom. The Hall–Kier alpha value is 0.170. The van der Waals surface area contributed by atoms with Crippen LogP contribution in [0.5, 0.6) is 0 Å². The Labute approximate surface area is 83.8 Å². The minimum atomic E-state index is -0.990. The molecule has 0 rings (SSSR count). The van der Waals surface area contributed by atoms with E-state index < -0.39 is 12.3 Å². The maximum atomic E-state index is 10.3. The number of aliphatic hydroxyl groups is 1. The van der Waals surface area contributed by atoms with Crippen molar-refractivity contribution in [2.45, 2.75) is 19.6 Å². The second-order valence-corrected chi connectivity index (χ2v) is 1.50. The molecule has 3 nitrogen and oxygen atoms in total. The van der Waals surface area contributed by atoms with Gasteiger partial charge in [-0.1, -0.05) is 13.5 Å². The van der Waals surface area contributed by atoms with E-state index in [-0.39, 0.29) is 31.0 Å². The van der Waals surface area contributed by atoms with E-state index in [1.807, 2.05) is 0 Å². The SMILES string of the molecule is C=CC(=O)OC(O)CC.[H-].[Na+]. The molecule has 0 radical (unpaired) electrons.